The predicted molar refractivity (Wildman–Crippen MR) is 68.7 cm³/mol. The Balaban J connectivity index is 2.21. The van der Waals surface area contributed by atoms with Gasteiger partial charge in [-0.25, -0.2) is 0 Å². The van der Waals surface area contributed by atoms with Crippen LogP contribution < -0.4 is 10.2 Å². The fourth-order valence-corrected chi connectivity index (χ4v) is 2.17. The molecule has 1 saturated heterocycles. The van der Waals surface area contributed by atoms with Gasteiger partial charge in [-0.3, -0.25) is 4.79 Å². The lowest BCUT2D eigenvalue weighted by Crippen LogP contribution is -2.32. The first-order valence-electron chi connectivity index (χ1n) is 5.44. The van der Waals surface area contributed by atoms with Gasteiger partial charge in [-0.15, -0.1) is 0 Å². The third kappa shape index (κ3) is 2.55. The quantitative estimate of drug-likeness (QED) is 0.856. The highest BCUT2D eigenvalue weighted by molar-refractivity contribution is 9.10. The molecule has 2 rings (SSSR count). The average molecular weight is 283 g/mol. The Kier molecular flexibility index (Phi) is 3.49. The van der Waals surface area contributed by atoms with Crippen molar-refractivity contribution < 1.29 is 4.79 Å². The van der Waals surface area contributed by atoms with Crippen molar-refractivity contribution in [3.05, 3.63) is 28.2 Å². The minimum atomic E-state index is 0.106. The molecule has 1 aliphatic rings. The molecule has 1 aromatic rings. The van der Waals surface area contributed by atoms with Gasteiger partial charge in [0.05, 0.1) is 6.54 Å². The third-order valence-corrected chi connectivity index (χ3v) is 3.64. The summed E-state index contributed by atoms with van der Waals surface area (Å²) in [5.41, 5.74) is 2.32. The van der Waals surface area contributed by atoms with Gasteiger partial charge in [-0.05, 0) is 31.0 Å². The Labute approximate surface area is 104 Å². The summed E-state index contributed by atoms with van der Waals surface area (Å²) >= 11 is 3.52. The first kappa shape index (κ1) is 11.5. The molecule has 0 aromatic heterocycles. The van der Waals surface area contributed by atoms with E-state index in [4.69, 9.17) is 0 Å². The molecular weight excluding hydrogens is 268 g/mol. The molecule has 0 radical (unpaired) electrons. The largest absolute Gasteiger partial charge is 0.362 e. The maximum absolute atomic E-state index is 11.5. The van der Waals surface area contributed by atoms with E-state index in [1.54, 1.807) is 0 Å². The molecule has 4 heteroatoms. The molecule has 1 heterocycles. The number of aryl methyl sites for hydroxylation is 1. The zero-order chi connectivity index (χ0) is 11.5. The van der Waals surface area contributed by atoms with Crippen LogP contribution in [0.15, 0.2) is 22.7 Å². The Hall–Kier alpha value is -1.03. The number of carbonyl (C=O) groups excluding carboxylic acids is 1. The molecule has 0 unspecified atom stereocenters. The van der Waals surface area contributed by atoms with Crippen molar-refractivity contribution in [2.75, 3.05) is 24.5 Å². The summed E-state index contributed by atoms with van der Waals surface area (Å²) in [5.74, 6) is 0.106. The van der Waals surface area contributed by atoms with Crippen LogP contribution in [0.5, 0.6) is 0 Å². The van der Waals surface area contributed by atoms with Crippen LogP contribution in [-0.2, 0) is 4.79 Å². The molecule has 0 aliphatic carbocycles. The topological polar surface area (TPSA) is 32.3 Å². The van der Waals surface area contributed by atoms with Crippen molar-refractivity contribution in [3.63, 3.8) is 0 Å². The molecule has 1 fully saturated rings. The summed E-state index contributed by atoms with van der Waals surface area (Å²) < 4.78 is 1.09. The van der Waals surface area contributed by atoms with E-state index in [1.165, 1.54) is 5.56 Å². The maximum atomic E-state index is 11.5. The van der Waals surface area contributed by atoms with Crippen molar-refractivity contribution in [1.29, 1.82) is 0 Å². The van der Waals surface area contributed by atoms with Crippen molar-refractivity contribution in [2.24, 2.45) is 0 Å². The van der Waals surface area contributed by atoms with Gasteiger partial charge in [0.2, 0.25) is 5.91 Å². The molecule has 1 amide bonds. The second kappa shape index (κ2) is 4.87. The number of halogens is 1. The van der Waals surface area contributed by atoms with Crippen LogP contribution in [0.1, 0.15) is 12.0 Å². The molecule has 0 spiro atoms. The summed E-state index contributed by atoms with van der Waals surface area (Å²) in [6.07, 6.45) is 0.997. The van der Waals surface area contributed by atoms with E-state index in [-0.39, 0.29) is 5.91 Å². The van der Waals surface area contributed by atoms with Crippen molar-refractivity contribution in [1.82, 2.24) is 5.32 Å². The van der Waals surface area contributed by atoms with Gasteiger partial charge in [0, 0.05) is 23.2 Å². The van der Waals surface area contributed by atoms with E-state index < -0.39 is 0 Å². The molecule has 86 valence electrons. The summed E-state index contributed by atoms with van der Waals surface area (Å²) in [5, 5.41) is 2.88. The lowest BCUT2D eigenvalue weighted by Gasteiger charge is -2.21. The first-order valence-corrected chi connectivity index (χ1v) is 6.24. The number of rotatable bonds is 1. The van der Waals surface area contributed by atoms with Crippen LogP contribution in [0.25, 0.3) is 0 Å². The zero-order valence-corrected chi connectivity index (χ0v) is 10.9. The van der Waals surface area contributed by atoms with E-state index in [2.05, 4.69) is 51.3 Å². The normalized spacial score (nSPS) is 16.9. The number of amides is 1. The van der Waals surface area contributed by atoms with E-state index in [9.17, 15) is 4.79 Å². The van der Waals surface area contributed by atoms with Crippen LogP contribution in [0.3, 0.4) is 0 Å². The van der Waals surface area contributed by atoms with Gasteiger partial charge in [0.1, 0.15) is 0 Å². The average Bonchev–Trinajstić information content (AvgIpc) is 2.47. The van der Waals surface area contributed by atoms with E-state index in [1.807, 2.05) is 0 Å². The highest BCUT2D eigenvalue weighted by Crippen LogP contribution is 2.23. The monoisotopic (exact) mass is 282 g/mol. The van der Waals surface area contributed by atoms with Gasteiger partial charge >= 0.3 is 0 Å². The number of nitrogens with one attached hydrogen (secondary N) is 1. The van der Waals surface area contributed by atoms with Gasteiger partial charge < -0.3 is 10.2 Å². The summed E-state index contributed by atoms with van der Waals surface area (Å²) in [7, 11) is 0. The summed E-state index contributed by atoms with van der Waals surface area (Å²) in [4.78, 5) is 13.6. The Bertz CT molecular complexity index is 406. The van der Waals surface area contributed by atoms with E-state index in [0.29, 0.717) is 6.54 Å². The number of hydrogen-bond donors (Lipinski definition) is 1. The molecular formula is C12H15BrN2O. The third-order valence-electron chi connectivity index (χ3n) is 2.78. The Morgan fingerprint density at radius 1 is 1.44 bits per heavy atom. The lowest BCUT2D eigenvalue weighted by molar-refractivity contribution is -0.119. The van der Waals surface area contributed by atoms with Crippen LogP contribution >= 0.6 is 15.9 Å². The fraction of sp³-hybridized carbons (Fsp3) is 0.417. The molecule has 0 saturated carbocycles. The number of benzene rings is 1. The van der Waals surface area contributed by atoms with Gasteiger partial charge in [-0.1, -0.05) is 22.0 Å². The van der Waals surface area contributed by atoms with Gasteiger partial charge in [0.15, 0.2) is 0 Å². The number of nitrogens with zero attached hydrogens (tertiary/aromatic N) is 1. The number of carbonyl (C=O) groups is 1. The molecule has 1 N–H and O–H groups in total. The van der Waals surface area contributed by atoms with Gasteiger partial charge in [-0.2, -0.15) is 0 Å². The molecule has 16 heavy (non-hydrogen) atoms. The Morgan fingerprint density at radius 2 is 2.25 bits per heavy atom. The zero-order valence-electron chi connectivity index (χ0n) is 9.29. The molecule has 3 nitrogen and oxygen atoms in total. The van der Waals surface area contributed by atoms with Crippen LogP contribution in [0, 0.1) is 6.92 Å². The van der Waals surface area contributed by atoms with Crippen LogP contribution in [0.4, 0.5) is 5.69 Å². The van der Waals surface area contributed by atoms with E-state index in [0.717, 1.165) is 29.7 Å². The fourth-order valence-electron chi connectivity index (χ4n) is 1.80. The van der Waals surface area contributed by atoms with Crippen LogP contribution in [-0.4, -0.2) is 25.5 Å². The standard InChI is InChI=1S/C12H15BrN2O/c1-9-3-4-10(7-11(9)13)15-6-2-5-14-12(16)8-15/h3-4,7H,2,5-6,8H2,1H3,(H,14,16). The predicted octanol–water partition coefficient (Wildman–Crippen LogP) is 2.08. The van der Waals surface area contributed by atoms with Crippen molar-refractivity contribution in [2.45, 2.75) is 13.3 Å². The maximum Gasteiger partial charge on any atom is 0.239 e. The molecule has 0 bridgehead atoms. The van der Waals surface area contributed by atoms with Gasteiger partial charge in [0.25, 0.3) is 0 Å². The highest BCUT2D eigenvalue weighted by atomic mass is 79.9. The summed E-state index contributed by atoms with van der Waals surface area (Å²) in [6, 6.07) is 6.22. The number of hydrogen-bond acceptors (Lipinski definition) is 2. The minimum Gasteiger partial charge on any atom is -0.362 e. The second-order valence-electron chi connectivity index (χ2n) is 4.06. The van der Waals surface area contributed by atoms with Crippen LogP contribution in [0.2, 0.25) is 0 Å². The highest BCUT2D eigenvalue weighted by Gasteiger charge is 2.15. The number of anilines is 1. The molecule has 1 aliphatic heterocycles. The SMILES string of the molecule is Cc1ccc(N2CCCNC(=O)C2)cc1Br. The first-order chi connectivity index (χ1) is 7.66. The smallest absolute Gasteiger partial charge is 0.239 e. The van der Waals surface area contributed by atoms with Crippen molar-refractivity contribution in [3.8, 4) is 0 Å². The molecule has 0 atom stereocenters. The Morgan fingerprint density at radius 3 is 3.00 bits per heavy atom. The minimum absolute atomic E-state index is 0.106. The summed E-state index contributed by atoms with van der Waals surface area (Å²) in [6.45, 7) is 4.22. The lowest BCUT2D eigenvalue weighted by atomic mass is 10.2. The second-order valence-corrected chi connectivity index (χ2v) is 4.91. The van der Waals surface area contributed by atoms with E-state index >= 15 is 0 Å². The molecule has 1 aromatic carbocycles. The van der Waals surface area contributed by atoms with Crippen molar-refractivity contribution >= 4 is 27.5 Å².